The fourth-order valence-electron chi connectivity index (χ4n) is 5.61. The molecule has 6 rings (SSSR count). The van der Waals surface area contributed by atoms with Gasteiger partial charge in [-0.25, -0.2) is 9.97 Å². The van der Waals surface area contributed by atoms with Crippen LogP contribution in [0, 0.1) is 0 Å². The van der Waals surface area contributed by atoms with Gasteiger partial charge in [0.1, 0.15) is 22.9 Å². The second-order valence-corrected chi connectivity index (χ2v) is 11.2. The maximum atomic E-state index is 13.3. The Kier molecular flexibility index (Phi) is 7.74. The molecule has 41 heavy (non-hydrogen) atoms. The number of pyridine rings is 1. The van der Waals surface area contributed by atoms with Crippen molar-refractivity contribution in [1.82, 2.24) is 19.8 Å². The minimum atomic E-state index is -0.0868. The molecule has 10 heteroatoms. The number of piperazine rings is 1. The second kappa shape index (κ2) is 11.7. The second-order valence-electron chi connectivity index (χ2n) is 10.3. The van der Waals surface area contributed by atoms with Gasteiger partial charge in [-0.15, -0.1) is 11.3 Å². The minimum Gasteiger partial charge on any atom is -0.497 e. The zero-order chi connectivity index (χ0) is 28.3. The van der Waals surface area contributed by atoms with E-state index in [-0.39, 0.29) is 17.7 Å². The number of carbonyl (C=O) groups is 2. The lowest BCUT2D eigenvalue weighted by molar-refractivity contribution is 0.0707. The van der Waals surface area contributed by atoms with Crippen LogP contribution in [0.25, 0.3) is 10.9 Å². The molecule has 212 valence electrons. The summed E-state index contributed by atoms with van der Waals surface area (Å²) in [5.41, 5.74) is 2.79. The molecule has 2 aliphatic heterocycles. The summed E-state index contributed by atoms with van der Waals surface area (Å²) in [4.78, 5) is 41.9. The van der Waals surface area contributed by atoms with E-state index in [0.717, 1.165) is 53.3 Å². The SMILES string of the molecule is COc1ccc(N2CCN(C(=O)c3csc(C4CCN(C(=O)c5cc(OC)c6ccccc6n5)CC4)n3)CC2)cc1. The summed E-state index contributed by atoms with van der Waals surface area (Å²) in [6, 6.07) is 17.4. The first-order chi connectivity index (χ1) is 20.0. The molecule has 0 unspecified atom stereocenters. The maximum absolute atomic E-state index is 13.3. The number of rotatable bonds is 6. The van der Waals surface area contributed by atoms with Gasteiger partial charge in [-0.2, -0.15) is 0 Å². The van der Waals surface area contributed by atoms with Crippen LogP contribution in [0.2, 0.25) is 0 Å². The van der Waals surface area contributed by atoms with Gasteiger partial charge < -0.3 is 24.2 Å². The molecule has 0 saturated carbocycles. The number of aromatic nitrogens is 2. The van der Waals surface area contributed by atoms with Gasteiger partial charge in [0.15, 0.2) is 0 Å². The normalized spacial score (nSPS) is 16.2. The Morgan fingerprint density at radius 3 is 2.20 bits per heavy atom. The summed E-state index contributed by atoms with van der Waals surface area (Å²) in [7, 11) is 3.27. The predicted octanol–water partition coefficient (Wildman–Crippen LogP) is 4.69. The van der Waals surface area contributed by atoms with Crippen molar-refractivity contribution in [3.05, 3.63) is 76.4 Å². The fourth-order valence-corrected chi connectivity index (χ4v) is 6.57. The summed E-state index contributed by atoms with van der Waals surface area (Å²) < 4.78 is 10.8. The molecule has 4 heterocycles. The smallest absolute Gasteiger partial charge is 0.273 e. The van der Waals surface area contributed by atoms with Crippen molar-refractivity contribution < 1.29 is 19.1 Å². The molecule has 0 spiro atoms. The molecule has 2 aromatic heterocycles. The number of nitrogens with zero attached hydrogens (tertiary/aromatic N) is 5. The van der Waals surface area contributed by atoms with Crippen LogP contribution in [0.3, 0.4) is 0 Å². The number of para-hydroxylation sites is 1. The van der Waals surface area contributed by atoms with Crippen LogP contribution in [-0.4, -0.2) is 85.1 Å². The molecule has 2 aliphatic rings. The molecule has 4 aromatic rings. The third-order valence-corrected chi connectivity index (χ3v) is 9.00. The lowest BCUT2D eigenvalue weighted by Gasteiger charge is -2.35. The van der Waals surface area contributed by atoms with E-state index < -0.39 is 0 Å². The summed E-state index contributed by atoms with van der Waals surface area (Å²) in [5, 5.41) is 3.75. The third-order valence-electron chi connectivity index (χ3n) is 7.99. The highest BCUT2D eigenvalue weighted by molar-refractivity contribution is 7.09. The van der Waals surface area contributed by atoms with E-state index in [0.29, 0.717) is 43.3 Å². The number of benzene rings is 2. The zero-order valence-electron chi connectivity index (χ0n) is 23.3. The Labute approximate surface area is 243 Å². The molecule has 2 amide bonds. The van der Waals surface area contributed by atoms with Gasteiger partial charge in [-0.1, -0.05) is 12.1 Å². The number of thiazole rings is 1. The number of likely N-dealkylation sites (tertiary alicyclic amines) is 1. The van der Waals surface area contributed by atoms with E-state index >= 15 is 0 Å². The van der Waals surface area contributed by atoms with Crippen LogP contribution in [-0.2, 0) is 0 Å². The average molecular weight is 572 g/mol. The van der Waals surface area contributed by atoms with E-state index in [9.17, 15) is 9.59 Å². The first kappa shape index (κ1) is 27.0. The van der Waals surface area contributed by atoms with Gasteiger partial charge >= 0.3 is 0 Å². The maximum Gasteiger partial charge on any atom is 0.273 e. The minimum absolute atomic E-state index is 0.00850. The predicted molar refractivity (Wildman–Crippen MR) is 159 cm³/mol. The van der Waals surface area contributed by atoms with Crippen molar-refractivity contribution >= 4 is 39.7 Å². The molecule has 0 bridgehead atoms. The van der Waals surface area contributed by atoms with Crippen LogP contribution in [0.1, 0.15) is 44.7 Å². The van der Waals surface area contributed by atoms with E-state index in [1.54, 1.807) is 31.6 Å². The molecule has 2 fully saturated rings. The van der Waals surface area contributed by atoms with Crippen molar-refractivity contribution in [2.75, 3.05) is 58.4 Å². The molecule has 0 atom stereocenters. The first-order valence-electron chi connectivity index (χ1n) is 13.9. The third kappa shape index (κ3) is 5.56. The van der Waals surface area contributed by atoms with Crippen LogP contribution in [0.4, 0.5) is 5.69 Å². The van der Waals surface area contributed by atoms with Gasteiger partial charge in [-0.3, -0.25) is 9.59 Å². The Morgan fingerprint density at radius 1 is 0.805 bits per heavy atom. The Balaban J connectivity index is 1.04. The molecule has 2 aromatic carbocycles. The highest BCUT2D eigenvalue weighted by Gasteiger charge is 2.29. The number of methoxy groups -OCH3 is 2. The standard InChI is InChI=1S/C31H33N5O4S/c1-39-23-9-7-22(8-10-23)34-15-17-36(18-16-34)31(38)27-20-41-29(33-27)21-11-13-35(14-12-21)30(37)26-19-28(40-2)24-5-3-4-6-25(24)32-26/h3-10,19-21H,11-18H2,1-2H3. The molecule has 2 saturated heterocycles. The van der Waals surface area contributed by atoms with Gasteiger partial charge in [-0.05, 0) is 49.2 Å². The van der Waals surface area contributed by atoms with Gasteiger partial charge in [0.2, 0.25) is 0 Å². The van der Waals surface area contributed by atoms with E-state index in [4.69, 9.17) is 14.5 Å². The number of anilines is 1. The monoisotopic (exact) mass is 571 g/mol. The van der Waals surface area contributed by atoms with E-state index in [1.807, 2.05) is 51.6 Å². The van der Waals surface area contributed by atoms with Crippen molar-refractivity contribution in [3.8, 4) is 11.5 Å². The lowest BCUT2D eigenvalue weighted by atomic mass is 9.97. The van der Waals surface area contributed by atoms with Crippen LogP contribution in [0.15, 0.2) is 60.0 Å². The molecule has 0 N–H and O–H groups in total. The average Bonchev–Trinajstić information content (AvgIpc) is 3.54. The molecular weight excluding hydrogens is 538 g/mol. The van der Waals surface area contributed by atoms with Crippen molar-refractivity contribution in [2.24, 2.45) is 0 Å². The molecular formula is C31H33N5O4S. The lowest BCUT2D eigenvalue weighted by Crippen LogP contribution is -2.48. The first-order valence-corrected chi connectivity index (χ1v) is 14.8. The zero-order valence-corrected chi connectivity index (χ0v) is 24.1. The van der Waals surface area contributed by atoms with E-state index in [1.165, 1.54) is 0 Å². The van der Waals surface area contributed by atoms with Crippen molar-refractivity contribution in [3.63, 3.8) is 0 Å². The number of hydrogen-bond acceptors (Lipinski definition) is 8. The summed E-state index contributed by atoms with van der Waals surface area (Å²) in [5.74, 6) is 1.62. The van der Waals surface area contributed by atoms with Gasteiger partial charge in [0, 0.05) is 67.7 Å². The number of fused-ring (bicyclic) bond motifs is 1. The topological polar surface area (TPSA) is 88.1 Å². The number of amides is 2. The van der Waals surface area contributed by atoms with Crippen LogP contribution < -0.4 is 14.4 Å². The van der Waals surface area contributed by atoms with Gasteiger partial charge in [0.25, 0.3) is 11.8 Å². The number of piperidine rings is 1. The number of ether oxygens (including phenoxy) is 2. The Hall–Kier alpha value is -4.18. The van der Waals surface area contributed by atoms with Crippen LogP contribution >= 0.6 is 11.3 Å². The summed E-state index contributed by atoms with van der Waals surface area (Å²) in [6.07, 6.45) is 1.61. The summed E-state index contributed by atoms with van der Waals surface area (Å²) in [6.45, 7) is 4.11. The summed E-state index contributed by atoms with van der Waals surface area (Å²) >= 11 is 1.55. The Bertz CT molecular complexity index is 1540. The van der Waals surface area contributed by atoms with Crippen LogP contribution in [0.5, 0.6) is 11.5 Å². The van der Waals surface area contributed by atoms with Crippen molar-refractivity contribution in [2.45, 2.75) is 18.8 Å². The molecule has 9 nitrogen and oxygen atoms in total. The Morgan fingerprint density at radius 2 is 1.49 bits per heavy atom. The van der Waals surface area contributed by atoms with E-state index in [2.05, 4.69) is 22.0 Å². The highest BCUT2D eigenvalue weighted by Crippen LogP contribution is 2.32. The number of carbonyl (C=O) groups excluding carboxylic acids is 2. The van der Waals surface area contributed by atoms with Gasteiger partial charge in [0.05, 0.1) is 24.7 Å². The quantitative estimate of drug-likeness (QED) is 0.332. The highest BCUT2D eigenvalue weighted by atomic mass is 32.1. The van der Waals surface area contributed by atoms with Crippen molar-refractivity contribution in [1.29, 1.82) is 0 Å². The molecule has 0 aliphatic carbocycles. The number of hydrogen-bond donors (Lipinski definition) is 0. The molecule has 0 radical (unpaired) electrons. The fraction of sp³-hybridized carbons (Fsp3) is 0.355. The largest absolute Gasteiger partial charge is 0.497 e.